The van der Waals surface area contributed by atoms with E-state index in [9.17, 15) is 4.79 Å². The van der Waals surface area contributed by atoms with Gasteiger partial charge in [-0.2, -0.15) is 0 Å². The molecule has 0 amide bonds. The van der Waals surface area contributed by atoms with Crippen molar-refractivity contribution in [3.8, 4) is 0 Å². The zero-order chi connectivity index (χ0) is 14.4. The lowest BCUT2D eigenvalue weighted by Crippen LogP contribution is -2.10. The Labute approximate surface area is 120 Å². The fourth-order valence-corrected chi connectivity index (χ4v) is 2.39. The number of carbonyl (C=O) groups is 1. The van der Waals surface area contributed by atoms with Gasteiger partial charge >= 0.3 is 5.97 Å². The molecule has 0 fully saturated rings. The third kappa shape index (κ3) is 3.47. The van der Waals surface area contributed by atoms with Gasteiger partial charge in [-0.25, -0.2) is 0 Å². The van der Waals surface area contributed by atoms with Crippen molar-refractivity contribution >= 4 is 5.97 Å². The lowest BCUT2D eigenvalue weighted by atomic mass is 9.87. The van der Waals surface area contributed by atoms with Crippen LogP contribution >= 0.6 is 0 Å². The maximum atomic E-state index is 11.7. The van der Waals surface area contributed by atoms with E-state index in [-0.39, 0.29) is 11.9 Å². The van der Waals surface area contributed by atoms with Crippen LogP contribution in [0, 0.1) is 0 Å². The molecule has 0 saturated carbocycles. The van der Waals surface area contributed by atoms with Crippen molar-refractivity contribution in [2.45, 2.75) is 25.7 Å². The Bertz CT molecular complexity index is 561. The highest BCUT2D eigenvalue weighted by Gasteiger charge is 2.18. The van der Waals surface area contributed by atoms with Crippen molar-refractivity contribution < 1.29 is 9.53 Å². The van der Waals surface area contributed by atoms with Gasteiger partial charge < -0.3 is 4.74 Å². The Morgan fingerprint density at radius 2 is 1.75 bits per heavy atom. The van der Waals surface area contributed by atoms with E-state index in [1.807, 2.05) is 18.2 Å². The molecule has 0 aromatic heterocycles. The fraction of sp³-hybridized carbons (Fsp3) is 0.278. The smallest absolute Gasteiger partial charge is 0.306 e. The molecule has 2 rings (SSSR count). The number of rotatable bonds is 5. The summed E-state index contributed by atoms with van der Waals surface area (Å²) in [5.41, 5.74) is 3.60. The topological polar surface area (TPSA) is 26.3 Å². The van der Waals surface area contributed by atoms with Gasteiger partial charge in [0.1, 0.15) is 0 Å². The number of carbonyl (C=O) groups excluding carboxylic acids is 1. The summed E-state index contributed by atoms with van der Waals surface area (Å²) in [6.45, 7) is 2.14. The molecule has 20 heavy (non-hydrogen) atoms. The molecule has 0 radical (unpaired) electrons. The van der Waals surface area contributed by atoms with Gasteiger partial charge in [-0.05, 0) is 23.1 Å². The Balaban J connectivity index is 2.37. The summed E-state index contributed by atoms with van der Waals surface area (Å²) in [7, 11) is 1.44. The Morgan fingerprint density at radius 1 is 1.05 bits per heavy atom. The predicted molar refractivity (Wildman–Crippen MR) is 80.7 cm³/mol. The first-order valence-corrected chi connectivity index (χ1v) is 6.95. The minimum Gasteiger partial charge on any atom is -0.469 e. The molecule has 0 N–H and O–H groups in total. The summed E-state index contributed by atoms with van der Waals surface area (Å²) in [4.78, 5) is 11.7. The van der Waals surface area contributed by atoms with Gasteiger partial charge in [-0.1, -0.05) is 61.5 Å². The fourth-order valence-electron chi connectivity index (χ4n) is 2.39. The number of hydrogen-bond acceptors (Lipinski definition) is 2. The lowest BCUT2D eigenvalue weighted by Gasteiger charge is -2.17. The van der Waals surface area contributed by atoms with Crippen LogP contribution in [0.2, 0.25) is 0 Å². The second kappa shape index (κ2) is 6.90. The van der Waals surface area contributed by atoms with Gasteiger partial charge in [0, 0.05) is 5.92 Å². The molecule has 0 aliphatic rings. The summed E-state index contributed by atoms with van der Waals surface area (Å²) in [6.07, 6.45) is 1.36. The number of aryl methyl sites for hydroxylation is 1. The summed E-state index contributed by atoms with van der Waals surface area (Å²) in [5, 5.41) is 0. The minimum absolute atomic E-state index is 0.0511. The number of benzene rings is 2. The molecule has 0 bridgehead atoms. The van der Waals surface area contributed by atoms with Crippen LogP contribution in [0.4, 0.5) is 0 Å². The molecule has 1 unspecified atom stereocenters. The number of methoxy groups -OCH3 is 1. The normalized spacial score (nSPS) is 11.9. The standard InChI is InChI=1S/C18H20O2/c1-3-14-8-7-11-16(12-14)17(13-18(19)20-2)15-9-5-4-6-10-15/h4-12,17H,3,13H2,1-2H3. The molecule has 1 atom stereocenters. The molecule has 2 nitrogen and oxygen atoms in total. The molecular formula is C18H20O2. The first-order chi connectivity index (χ1) is 9.74. The maximum absolute atomic E-state index is 11.7. The third-order valence-electron chi connectivity index (χ3n) is 3.56. The predicted octanol–water partition coefficient (Wildman–Crippen LogP) is 3.94. The first kappa shape index (κ1) is 14.3. The van der Waals surface area contributed by atoms with Crippen molar-refractivity contribution in [3.63, 3.8) is 0 Å². The van der Waals surface area contributed by atoms with Crippen LogP contribution in [0.3, 0.4) is 0 Å². The average Bonchev–Trinajstić information content (AvgIpc) is 2.53. The zero-order valence-electron chi connectivity index (χ0n) is 12.0. The van der Waals surface area contributed by atoms with Gasteiger partial charge in [-0.3, -0.25) is 4.79 Å². The van der Waals surface area contributed by atoms with Crippen molar-refractivity contribution in [2.24, 2.45) is 0 Å². The number of esters is 1. The second-order valence-electron chi connectivity index (χ2n) is 4.84. The number of hydrogen-bond donors (Lipinski definition) is 0. The molecular weight excluding hydrogens is 248 g/mol. The monoisotopic (exact) mass is 268 g/mol. The van der Waals surface area contributed by atoms with E-state index in [0.717, 1.165) is 12.0 Å². The summed E-state index contributed by atoms with van der Waals surface area (Å²) >= 11 is 0. The van der Waals surface area contributed by atoms with Crippen molar-refractivity contribution in [1.29, 1.82) is 0 Å². The van der Waals surface area contributed by atoms with E-state index in [0.29, 0.717) is 6.42 Å². The molecule has 0 aliphatic carbocycles. The molecule has 2 aromatic rings. The van der Waals surface area contributed by atoms with Crippen LogP contribution in [0.1, 0.15) is 36.0 Å². The minimum atomic E-state index is -0.180. The summed E-state index contributed by atoms with van der Waals surface area (Å²) in [5.74, 6) is -0.129. The van der Waals surface area contributed by atoms with Crippen molar-refractivity contribution in [1.82, 2.24) is 0 Å². The molecule has 104 valence electrons. The van der Waals surface area contributed by atoms with Gasteiger partial charge in [0.2, 0.25) is 0 Å². The van der Waals surface area contributed by atoms with E-state index < -0.39 is 0 Å². The molecule has 2 aromatic carbocycles. The Hall–Kier alpha value is -2.09. The third-order valence-corrected chi connectivity index (χ3v) is 3.56. The molecule has 0 aliphatic heterocycles. The van der Waals surface area contributed by atoms with E-state index in [1.54, 1.807) is 0 Å². The Kier molecular flexibility index (Phi) is 4.94. The zero-order valence-corrected chi connectivity index (χ0v) is 12.0. The van der Waals surface area contributed by atoms with Crippen molar-refractivity contribution in [3.05, 3.63) is 71.3 Å². The van der Waals surface area contributed by atoms with Gasteiger partial charge in [0.15, 0.2) is 0 Å². The van der Waals surface area contributed by atoms with Crippen LogP contribution in [-0.2, 0) is 16.0 Å². The molecule has 0 spiro atoms. The van der Waals surface area contributed by atoms with E-state index in [4.69, 9.17) is 4.74 Å². The van der Waals surface area contributed by atoms with Crippen LogP contribution in [0.25, 0.3) is 0 Å². The van der Waals surface area contributed by atoms with Crippen LogP contribution < -0.4 is 0 Å². The highest BCUT2D eigenvalue weighted by atomic mass is 16.5. The first-order valence-electron chi connectivity index (χ1n) is 6.95. The summed E-state index contributed by atoms with van der Waals surface area (Å²) < 4.78 is 4.84. The average molecular weight is 268 g/mol. The molecule has 2 heteroatoms. The highest BCUT2D eigenvalue weighted by molar-refractivity contribution is 5.71. The lowest BCUT2D eigenvalue weighted by molar-refractivity contribution is -0.140. The maximum Gasteiger partial charge on any atom is 0.306 e. The largest absolute Gasteiger partial charge is 0.469 e. The van der Waals surface area contributed by atoms with E-state index >= 15 is 0 Å². The second-order valence-corrected chi connectivity index (χ2v) is 4.84. The van der Waals surface area contributed by atoms with Gasteiger partial charge in [-0.15, -0.1) is 0 Å². The molecule has 0 saturated heterocycles. The van der Waals surface area contributed by atoms with Crippen LogP contribution in [0.15, 0.2) is 54.6 Å². The Morgan fingerprint density at radius 3 is 2.40 bits per heavy atom. The van der Waals surface area contributed by atoms with Gasteiger partial charge in [0.05, 0.1) is 13.5 Å². The van der Waals surface area contributed by atoms with Gasteiger partial charge in [0.25, 0.3) is 0 Å². The summed E-state index contributed by atoms with van der Waals surface area (Å²) in [6, 6.07) is 18.6. The quantitative estimate of drug-likeness (QED) is 0.768. The number of ether oxygens (including phenoxy) is 1. The highest BCUT2D eigenvalue weighted by Crippen LogP contribution is 2.29. The molecule has 0 heterocycles. The van der Waals surface area contributed by atoms with E-state index in [1.165, 1.54) is 18.2 Å². The SMILES string of the molecule is CCc1cccc(C(CC(=O)OC)c2ccccc2)c1. The van der Waals surface area contributed by atoms with Crippen LogP contribution in [-0.4, -0.2) is 13.1 Å². The van der Waals surface area contributed by atoms with E-state index in [2.05, 4.69) is 43.3 Å². The van der Waals surface area contributed by atoms with Crippen LogP contribution in [0.5, 0.6) is 0 Å². The van der Waals surface area contributed by atoms with Crippen molar-refractivity contribution in [2.75, 3.05) is 7.11 Å².